The Morgan fingerprint density at radius 2 is 1.81 bits per heavy atom. The van der Waals surface area contributed by atoms with E-state index in [-0.39, 0.29) is 0 Å². The lowest BCUT2D eigenvalue weighted by atomic mass is 10.0. The van der Waals surface area contributed by atoms with Crippen molar-refractivity contribution in [2.75, 3.05) is 7.05 Å². The molecule has 0 fully saturated rings. The van der Waals surface area contributed by atoms with Gasteiger partial charge in [-0.25, -0.2) is 0 Å². The normalized spacial score (nSPS) is 9.88. The van der Waals surface area contributed by atoms with E-state index in [2.05, 4.69) is 12.2 Å². The number of hydrogen-bond donors (Lipinski definition) is 1. The second-order valence-electron chi connectivity index (χ2n) is 3.71. The van der Waals surface area contributed by atoms with Crippen LogP contribution in [-0.2, 0) is 11.2 Å². The molecule has 1 N–H and O–H groups in total. The number of aryl methyl sites for hydroxylation is 1. The fraction of sp³-hybridized carbons (Fsp3) is 0.385. The van der Waals surface area contributed by atoms with Crippen molar-refractivity contribution in [3.05, 3.63) is 35.4 Å². The average molecular weight is 219 g/mol. The molecule has 86 valence electrons. The molecule has 1 amide bonds. The van der Waals surface area contributed by atoms with E-state index in [0.717, 1.165) is 19.3 Å². The second-order valence-corrected chi connectivity index (χ2v) is 3.71. The van der Waals surface area contributed by atoms with Crippen molar-refractivity contribution >= 4 is 11.7 Å². The molecule has 1 rings (SSSR count). The van der Waals surface area contributed by atoms with Crippen LogP contribution in [0.25, 0.3) is 0 Å². The Bertz CT molecular complexity index is 368. The van der Waals surface area contributed by atoms with E-state index in [1.807, 2.05) is 12.1 Å². The molecule has 0 spiro atoms. The van der Waals surface area contributed by atoms with Gasteiger partial charge in [-0.05, 0) is 18.4 Å². The molecule has 0 aliphatic rings. The Labute approximate surface area is 95.9 Å². The van der Waals surface area contributed by atoms with Gasteiger partial charge < -0.3 is 5.32 Å². The van der Waals surface area contributed by atoms with Crippen molar-refractivity contribution in [2.24, 2.45) is 0 Å². The van der Waals surface area contributed by atoms with E-state index in [9.17, 15) is 9.59 Å². The van der Waals surface area contributed by atoms with Gasteiger partial charge in [-0.3, -0.25) is 9.59 Å². The van der Waals surface area contributed by atoms with Crippen molar-refractivity contribution in [1.29, 1.82) is 0 Å². The number of amides is 1. The molecule has 0 aromatic heterocycles. The van der Waals surface area contributed by atoms with Gasteiger partial charge in [0.05, 0.1) is 0 Å². The highest BCUT2D eigenvalue weighted by Gasteiger charge is 2.13. The first-order valence-electron chi connectivity index (χ1n) is 5.54. The topological polar surface area (TPSA) is 46.2 Å². The fourth-order valence-electron chi connectivity index (χ4n) is 1.45. The molecule has 3 heteroatoms. The number of rotatable bonds is 5. The van der Waals surface area contributed by atoms with Crippen LogP contribution in [0.2, 0.25) is 0 Å². The number of benzene rings is 1. The average Bonchev–Trinajstić information content (AvgIpc) is 2.35. The minimum atomic E-state index is -0.568. The number of carbonyl (C=O) groups excluding carboxylic acids is 2. The van der Waals surface area contributed by atoms with Crippen molar-refractivity contribution in [1.82, 2.24) is 5.32 Å². The Balaban J connectivity index is 2.71. The number of carbonyl (C=O) groups is 2. The Morgan fingerprint density at radius 3 is 2.31 bits per heavy atom. The molecule has 1 aromatic carbocycles. The van der Waals surface area contributed by atoms with Gasteiger partial charge in [-0.15, -0.1) is 0 Å². The summed E-state index contributed by atoms with van der Waals surface area (Å²) >= 11 is 0. The lowest BCUT2D eigenvalue weighted by Crippen LogP contribution is -2.27. The number of hydrogen-bond acceptors (Lipinski definition) is 2. The van der Waals surface area contributed by atoms with Crippen LogP contribution in [-0.4, -0.2) is 18.7 Å². The van der Waals surface area contributed by atoms with Crippen LogP contribution in [0.15, 0.2) is 24.3 Å². The first kappa shape index (κ1) is 12.4. The highest BCUT2D eigenvalue weighted by molar-refractivity contribution is 6.42. The van der Waals surface area contributed by atoms with Gasteiger partial charge in [0.2, 0.25) is 5.78 Å². The minimum absolute atomic E-state index is 0.444. The van der Waals surface area contributed by atoms with Crippen LogP contribution in [0, 0.1) is 0 Å². The number of likely N-dealkylation sites (N-methyl/N-ethyl adjacent to an activating group) is 1. The Hall–Kier alpha value is -1.64. The largest absolute Gasteiger partial charge is 0.352 e. The minimum Gasteiger partial charge on any atom is -0.352 e. The maximum Gasteiger partial charge on any atom is 0.292 e. The van der Waals surface area contributed by atoms with E-state index in [0.29, 0.717) is 5.56 Å². The summed E-state index contributed by atoms with van der Waals surface area (Å²) in [5, 5.41) is 2.32. The first-order valence-corrected chi connectivity index (χ1v) is 5.54. The van der Waals surface area contributed by atoms with Gasteiger partial charge in [0, 0.05) is 12.6 Å². The number of ketones is 1. The molecule has 0 aliphatic carbocycles. The molecule has 0 aliphatic heterocycles. The summed E-state index contributed by atoms with van der Waals surface area (Å²) < 4.78 is 0. The molecule has 0 saturated carbocycles. The van der Waals surface area contributed by atoms with Crippen molar-refractivity contribution in [2.45, 2.75) is 26.2 Å². The molecule has 1 aromatic rings. The third kappa shape index (κ3) is 3.19. The van der Waals surface area contributed by atoms with E-state index in [1.54, 1.807) is 12.1 Å². The van der Waals surface area contributed by atoms with Crippen LogP contribution in [0.1, 0.15) is 35.7 Å². The van der Waals surface area contributed by atoms with Gasteiger partial charge in [-0.2, -0.15) is 0 Å². The SMILES string of the molecule is CCCCc1ccc(C(=O)C(=O)NC)cc1. The molecule has 0 unspecified atom stereocenters. The van der Waals surface area contributed by atoms with Crippen LogP contribution in [0.5, 0.6) is 0 Å². The summed E-state index contributed by atoms with van der Waals surface area (Å²) in [6, 6.07) is 7.24. The summed E-state index contributed by atoms with van der Waals surface area (Å²) in [6.07, 6.45) is 3.31. The summed E-state index contributed by atoms with van der Waals surface area (Å²) in [5.41, 5.74) is 1.65. The standard InChI is InChI=1S/C13H17NO2/c1-3-4-5-10-6-8-11(9-7-10)12(15)13(16)14-2/h6-9H,3-5H2,1-2H3,(H,14,16). The lowest BCUT2D eigenvalue weighted by Gasteiger charge is -2.02. The Morgan fingerprint density at radius 1 is 1.19 bits per heavy atom. The quantitative estimate of drug-likeness (QED) is 0.608. The van der Waals surface area contributed by atoms with Crippen molar-refractivity contribution < 1.29 is 9.59 Å². The van der Waals surface area contributed by atoms with E-state index in [4.69, 9.17) is 0 Å². The van der Waals surface area contributed by atoms with E-state index >= 15 is 0 Å². The highest BCUT2D eigenvalue weighted by atomic mass is 16.2. The van der Waals surface area contributed by atoms with Crippen molar-refractivity contribution in [3.63, 3.8) is 0 Å². The van der Waals surface area contributed by atoms with E-state index < -0.39 is 11.7 Å². The van der Waals surface area contributed by atoms with Crippen LogP contribution in [0.4, 0.5) is 0 Å². The van der Waals surface area contributed by atoms with Gasteiger partial charge in [-0.1, -0.05) is 37.6 Å². The third-order valence-corrected chi connectivity index (χ3v) is 2.47. The number of nitrogens with one attached hydrogen (secondary N) is 1. The molecular formula is C13H17NO2. The Kier molecular flexibility index (Phi) is 4.70. The zero-order valence-corrected chi connectivity index (χ0v) is 9.75. The van der Waals surface area contributed by atoms with Gasteiger partial charge >= 0.3 is 0 Å². The smallest absolute Gasteiger partial charge is 0.292 e. The molecule has 16 heavy (non-hydrogen) atoms. The molecule has 0 saturated heterocycles. The van der Waals surface area contributed by atoms with Crippen LogP contribution in [0.3, 0.4) is 0 Å². The monoisotopic (exact) mass is 219 g/mol. The van der Waals surface area contributed by atoms with Gasteiger partial charge in [0.1, 0.15) is 0 Å². The summed E-state index contributed by atoms with van der Waals surface area (Å²) in [6.45, 7) is 2.14. The zero-order chi connectivity index (χ0) is 12.0. The van der Waals surface area contributed by atoms with Gasteiger partial charge in [0.25, 0.3) is 5.91 Å². The maximum atomic E-state index is 11.5. The van der Waals surface area contributed by atoms with E-state index in [1.165, 1.54) is 12.6 Å². The summed E-state index contributed by atoms with van der Waals surface area (Å²) in [5.74, 6) is -1.05. The fourth-order valence-corrected chi connectivity index (χ4v) is 1.45. The third-order valence-electron chi connectivity index (χ3n) is 2.47. The summed E-state index contributed by atoms with van der Waals surface area (Å²) in [7, 11) is 1.45. The zero-order valence-electron chi connectivity index (χ0n) is 9.75. The predicted octanol–water partition coefficient (Wildman–Crippen LogP) is 1.96. The molecule has 0 bridgehead atoms. The van der Waals surface area contributed by atoms with Crippen LogP contribution >= 0.6 is 0 Å². The van der Waals surface area contributed by atoms with Crippen LogP contribution < -0.4 is 5.32 Å². The number of Topliss-reactive ketones (excluding diaryl/α,β-unsaturated/α-hetero) is 1. The molecule has 0 atom stereocenters. The first-order chi connectivity index (χ1) is 7.69. The molecule has 0 heterocycles. The van der Waals surface area contributed by atoms with Crippen molar-refractivity contribution in [3.8, 4) is 0 Å². The molecule has 3 nitrogen and oxygen atoms in total. The molecular weight excluding hydrogens is 202 g/mol. The number of unbranched alkanes of at least 4 members (excludes halogenated alkanes) is 1. The highest BCUT2D eigenvalue weighted by Crippen LogP contribution is 2.08. The maximum absolute atomic E-state index is 11.5. The lowest BCUT2D eigenvalue weighted by molar-refractivity contribution is -0.116. The summed E-state index contributed by atoms with van der Waals surface area (Å²) in [4.78, 5) is 22.6. The predicted molar refractivity (Wildman–Crippen MR) is 63.5 cm³/mol. The van der Waals surface area contributed by atoms with Gasteiger partial charge in [0.15, 0.2) is 0 Å². The second kappa shape index (κ2) is 6.05. The molecule has 0 radical (unpaired) electrons.